The molecule has 0 radical (unpaired) electrons. The molecule has 3 aromatic rings. The third-order valence-corrected chi connectivity index (χ3v) is 6.22. The highest BCUT2D eigenvalue weighted by Gasteiger charge is 2.42. The molecular weight excluding hydrogens is 388 g/mol. The van der Waals surface area contributed by atoms with Crippen LogP contribution in [0.5, 0.6) is 0 Å². The largest absolute Gasteiger partial charge is 0.326 e. The van der Waals surface area contributed by atoms with Crippen LogP contribution < -0.4 is 5.48 Å². The van der Waals surface area contributed by atoms with E-state index in [1.54, 1.807) is 11.6 Å². The molecule has 4 rings (SSSR count). The van der Waals surface area contributed by atoms with Crippen LogP contribution in [-0.2, 0) is 11.3 Å². The molecule has 1 aliphatic carbocycles. The lowest BCUT2D eigenvalue weighted by atomic mass is 10.1. The fourth-order valence-corrected chi connectivity index (χ4v) is 4.33. The summed E-state index contributed by atoms with van der Waals surface area (Å²) in [5, 5.41) is 8.69. The number of hydrogen-bond acceptors (Lipinski definition) is 4. The predicted molar refractivity (Wildman–Crippen MR) is 123 cm³/mol. The van der Waals surface area contributed by atoms with Crippen molar-refractivity contribution in [3.8, 4) is 0 Å². The number of nitrogens with zero attached hydrogens (tertiary/aromatic N) is 3. The van der Waals surface area contributed by atoms with E-state index in [9.17, 15) is 4.79 Å². The van der Waals surface area contributed by atoms with Gasteiger partial charge in [0.1, 0.15) is 5.82 Å². The van der Waals surface area contributed by atoms with Crippen LogP contribution in [0, 0.1) is 0 Å². The molecule has 1 fully saturated rings. The van der Waals surface area contributed by atoms with Crippen molar-refractivity contribution in [2.45, 2.75) is 38.6 Å². The van der Waals surface area contributed by atoms with Crippen molar-refractivity contribution < 1.29 is 10.0 Å². The van der Waals surface area contributed by atoms with Gasteiger partial charge in [-0.2, -0.15) is 0 Å². The number of hydroxylamine groups is 1. The minimum Gasteiger partial charge on any atom is -0.326 e. The number of likely N-dealkylation sites (N-methyl/N-ethyl adjacent to an activating group) is 1. The Kier molecular flexibility index (Phi) is 6.49. The molecule has 1 amide bonds. The molecule has 0 spiro atoms. The molecule has 31 heavy (non-hydrogen) atoms. The van der Waals surface area contributed by atoms with Gasteiger partial charge in [0.25, 0.3) is 5.91 Å². The van der Waals surface area contributed by atoms with Crippen molar-refractivity contribution in [2.24, 2.45) is 0 Å². The van der Waals surface area contributed by atoms with E-state index < -0.39 is 5.91 Å². The van der Waals surface area contributed by atoms with Crippen molar-refractivity contribution in [1.82, 2.24) is 19.9 Å². The maximum Gasteiger partial charge on any atom is 0.267 e. The lowest BCUT2D eigenvalue weighted by molar-refractivity contribution is -0.124. The second-order valence-corrected chi connectivity index (χ2v) is 8.07. The van der Waals surface area contributed by atoms with E-state index in [1.807, 2.05) is 12.1 Å². The number of benzene rings is 2. The molecule has 6 nitrogen and oxygen atoms in total. The molecule has 2 atom stereocenters. The van der Waals surface area contributed by atoms with Crippen LogP contribution >= 0.6 is 0 Å². The maximum absolute atomic E-state index is 11.3. The van der Waals surface area contributed by atoms with E-state index >= 15 is 0 Å². The Bertz CT molecular complexity index is 1070. The summed E-state index contributed by atoms with van der Waals surface area (Å²) in [7, 11) is 0. The number of hydrogen-bond donors (Lipinski definition) is 2. The smallest absolute Gasteiger partial charge is 0.267 e. The van der Waals surface area contributed by atoms with Gasteiger partial charge in [-0.15, -0.1) is 0 Å². The average molecular weight is 419 g/mol. The van der Waals surface area contributed by atoms with Crippen LogP contribution in [0.15, 0.2) is 54.6 Å². The number of nitrogens with one attached hydrogen (secondary N) is 1. The summed E-state index contributed by atoms with van der Waals surface area (Å²) < 4.78 is 2.38. The van der Waals surface area contributed by atoms with Gasteiger partial charge in [0.2, 0.25) is 0 Å². The number of carbonyl (C=O) groups is 1. The molecule has 0 saturated heterocycles. The fourth-order valence-electron chi connectivity index (χ4n) is 4.33. The van der Waals surface area contributed by atoms with Crippen molar-refractivity contribution in [3.05, 3.63) is 71.6 Å². The van der Waals surface area contributed by atoms with Gasteiger partial charge in [0.15, 0.2) is 0 Å². The molecule has 162 valence electrons. The third kappa shape index (κ3) is 4.70. The lowest BCUT2D eigenvalue weighted by Crippen LogP contribution is -2.27. The standard InChI is InChI=1S/C25H30N4O2/c1-3-28(4-2)14-15-29-23-12-10-18(11-13-24(30)27-31)16-22(23)26-25(29)21-17-20(21)19-8-6-5-7-9-19/h5-13,16,20-21,31H,3-4,14-15,17H2,1-2H3,(H,27,30)/b13-11+. The minimum absolute atomic E-state index is 0.436. The van der Waals surface area contributed by atoms with E-state index in [0.29, 0.717) is 11.8 Å². The van der Waals surface area contributed by atoms with Gasteiger partial charge < -0.3 is 9.47 Å². The van der Waals surface area contributed by atoms with Gasteiger partial charge >= 0.3 is 0 Å². The maximum atomic E-state index is 11.3. The first kappa shape index (κ1) is 21.3. The summed E-state index contributed by atoms with van der Waals surface area (Å²) in [6.07, 6.45) is 4.12. The van der Waals surface area contributed by atoms with Crippen molar-refractivity contribution in [1.29, 1.82) is 0 Å². The number of fused-ring (bicyclic) bond motifs is 1. The zero-order valence-corrected chi connectivity index (χ0v) is 18.2. The highest BCUT2D eigenvalue weighted by molar-refractivity contribution is 5.91. The zero-order valence-electron chi connectivity index (χ0n) is 18.2. The summed E-state index contributed by atoms with van der Waals surface area (Å²) >= 11 is 0. The number of rotatable bonds is 9. The Balaban J connectivity index is 1.66. The SMILES string of the molecule is CCN(CC)CCn1c(C2CC2c2ccccc2)nc2cc(/C=C/C(=O)NO)ccc21. The Morgan fingerprint density at radius 2 is 1.97 bits per heavy atom. The molecule has 2 unspecified atom stereocenters. The second-order valence-electron chi connectivity index (χ2n) is 8.07. The number of aromatic nitrogens is 2. The quantitative estimate of drug-likeness (QED) is 0.311. The van der Waals surface area contributed by atoms with E-state index in [2.05, 4.69) is 59.7 Å². The zero-order chi connectivity index (χ0) is 21.8. The molecule has 1 saturated carbocycles. The van der Waals surface area contributed by atoms with Gasteiger partial charge in [-0.25, -0.2) is 10.5 Å². The Hall–Kier alpha value is -2.96. The molecule has 0 bridgehead atoms. The van der Waals surface area contributed by atoms with E-state index in [0.717, 1.165) is 55.0 Å². The van der Waals surface area contributed by atoms with Crippen LogP contribution in [0.25, 0.3) is 17.1 Å². The minimum atomic E-state index is -0.547. The molecule has 2 aromatic carbocycles. The van der Waals surface area contributed by atoms with Gasteiger partial charge in [0.05, 0.1) is 11.0 Å². The van der Waals surface area contributed by atoms with Crippen molar-refractivity contribution in [2.75, 3.05) is 19.6 Å². The molecule has 1 heterocycles. The first-order chi connectivity index (χ1) is 15.1. The van der Waals surface area contributed by atoms with Gasteiger partial charge in [-0.1, -0.05) is 50.2 Å². The fraction of sp³-hybridized carbons (Fsp3) is 0.360. The third-order valence-electron chi connectivity index (χ3n) is 6.22. The molecule has 0 aliphatic heterocycles. The van der Waals surface area contributed by atoms with Crippen LogP contribution in [-0.4, -0.2) is 45.2 Å². The average Bonchev–Trinajstić information content (AvgIpc) is 3.53. The van der Waals surface area contributed by atoms with Gasteiger partial charge in [-0.05, 0) is 54.8 Å². The molecule has 2 N–H and O–H groups in total. The Labute approximate surface area is 183 Å². The van der Waals surface area contributed by atoms with E-state index in [-0.39, 0.29) is 0 Å². The highest BCUT2D eigenvalue weighted by Crippen LogP contribution is 2.54. The molecular formula is C25H30N4O2. The van der Waals surface area contributed by atoms with Crippen molar-refractivity contribution in [3.63, 3.8) is 0 Å². The van der Waals surface area contributed by atoms with E-state index in [4.69, 9.17) is 10.2 Å². The monoisotopic (exact) mass is 418 g/mol. The van der Waals surface area contributed by atoms with Gasteiger partial charge in [0, 0.05) is 25.1 Å². The molecule has 1 aromatic heterocycles. The summed E-state index contributed by atoms with van der Waals surface area (Å²) in [4.78, 5) is 18.8. The van der Waals surface area contributed by atoms with Crippen LogP contribution in [0.2, 0.25) is 0 Å². The number of carbonyl (C=O) groups excluding carboxylic acids is 1. The predicted octanol–water partition coefficient (Wildman–Crippen LogP) is 4.17. The topological polar surface area (TPSA) is 70.4 Å². The lowest BCUT2D eigenvalue weighted by Gasteiger charge is -2.19. The van der Waals surface area contributed by atoms with Crippen LogP contribution in [0.3, 0.4) is 0 Å². The van der Waals surface area contributed by atoms with Gasteiger partial charge in [-0.3, -0.25) is 10.0 Å². The van der Waals surface area contributed by atoms with E-state index in [1.165, 1.54) is 11.6 Å². The number of imidazole rings is 1. The number of amides is 1. The molecule has 1 aliphatic rings. The van der Waals surface area contributed by atoms with Crippen molar-refractivity contribution >= 4 is 23.0 Å². The second kappa shape index (κ2) is 9.45. The van der Waals surface area contributed by atoms with Crippen LogP contribution in [0.4, 0.5) is 0 Å². The first-order valence-electron chi connectivity index (χ1n) is 11.0. The Morgan fingerprint density at radius 1 is 1.19 bits per heavy atom. The summed E-state index contributed by atoms with van der Waals surface area (Å²) in [6, 6.07) is 16.8. The van der Waals surface area contributed by atoms with Crippen LogP contribution in [0.1, 0.15) is 49.1 Å². The summed E-state index contributed by atoms with van der Waals surface area (Å²) in [5.41, 5.74) is 5.95. The normalized spacial score (nSPS) is 18.2. The Morgan fingerprint density at radius 3 is 2.68 bits per heavy atom. The first-order valence-corrected chi connectivity index (χ1v) is 11.0. The molecule has 6 heteroatoms. The highest BCUT2D eigenvalue weighted by atomic mass is 16.5. The summed E-state index contributed by atoms with van der Waals surface area (Å²) in [6.45, 7) is 8.38. The summed E-state index contributed by atoms with van der Waals surface area (Å²) in [5.74, 6) is 1.57.